The molecule has 4 aromatic carbocycles. The maximum Gasteiger partial charge on any atom is 0.261 e. The fourth-order valence-electron chi connectivity index (χ4n) is 14.8. The molecule has 428 valence electrons. The fraction of sp³-hybridized carbons (Fsp3) is 0.371. The van der Waals surface area contributed by atoms with Crippen LogP contribution in [0.3, 0.4) is 0 Å². The number of ether oxygens (including phenoxy) is 2. The quantitative estimate of drug-likeness (QED) is 0.0807. The summed E-state index contributed by atoms with van der Waals surface area (Å²) in [7, 11) is 0. The molecule has 0 N–H and O–H groups in total. The first-order valence-corrected chi connectivity index (χ1v) is 30.9. The zero-order valence-electron chi connectivity index (χ0n) is 49.2. The molecule has 8 aromatic rings. The zero-order chi connectivity index (χ0) is 57.1. The molecule has 3 unspecified atom stereocenters. The van der Waals surface area contributed by atoms with Crippen LogP contribution in [0.1, 0.15) is 126 Å². The van der Waals surface area contributed by atoms with Gasteiger partial charge in [0.15, 0.2) is 0 Å². The Balaban J connectivity index is 0.758. The number of hydrogen-bond donors (Lipinski definition) is 0. The van der Waals surface area contributed by atoms with E-state index in [4.69, 9.17) is 19.6 Å². The predicted molar refractivity (Wildman–Crippen MR) is 333 cm³/mol. The minimum atomic E-state index is -1.08. The van der Waals surface area contributed by atoms with Gasteiger partial charge in [0.2, 0.25) is 0 Å². The standard InChI is InChI=1S/C70H75N11O3/c1-6-76(7-2)51-39-50-41-58-68(55-31-34-64(77(8-3)9-4)80(44-51)66(50)55)84-67-54-19-16-36-78-35-15-17-49(65(54)78)40-57(67)70(58)56-20-11-10-18-53(56)69(82)81(70)63-22-14-21-61(73-63)62-45-79(75-74-62)37-12-13-38-83-52-29-26-47(27-30-52)24-25-48-28-33-60(72-43-48)59-32-23-46(5)42-71-59/h10-11,14,18,20-30,32-33,40-43,45,51,64H,6-9,12-13,15-17,19,31,34-39,44H2,1-5H3/b25-24+. The molecule has 4 aromatic heterocycles. The summed E-state index contributed by atoms with van der Waals surface area (Å²) < 4.78 is 15.8. The third-order valence-corrected chi connectivity index (χ3v) is 18.8. The number of unbranched alkanes of at least 4 members (excludes halogenated alkanes) is 1. The van der Waals surface area contributed by atoms with Gasteiger partial charge in [-0.15, -0.1) is 5.10 Å². The second-order valence-electron chi connectivity index (χ2n) is 23.5. The van der Waals surface area contributed by atoms with Crippen LogP contribution in [0.25, 0.3) is 34.9 Å². The Bertz CT molecular complexity index is 3790. The van der Waals surface area contributed by atoms with E-state index in [1.807, 2.05) is 89.7 Å². The van der Waals surface area contributed by atoms with Crippen molar-refractivity contribution in [3.63, 3.8) is 0 Å². The van der Waals surface area contributed by atoms with E-state index < -0.39 is 5.54 Å². The number of aromatic nitrogens is 6. The highest BCUT2D eigenvalue weighted by Crippen LogP contribution is 2.63. The zero-order valence-corrected chi connectivity index (χ0v) is 49.2. The van der Waals surface area contributed by atoms with Crippen LogP contribution >= 0.6 is 0 Å². The van der Waals surface area contributed by atoms with Crippen molar-refractivity contribution in [1.29, 1.82) is 0 Å². The molecule has 3 atom stereocenters. The molecule has 1 amide bonds. The number of benzene rings is 4. The Kier molecular flexibility index (Phi) is 14.4. The summed E-state index contributed by atoms with van der Waals surface area (Å²) in [4.78, 5) is 43.2. The number of fused-ring (bicyclic) bond motifs is 8. The van der Waals surface area contributed by atoms with Crippen LogP contribution in [-0.2, 0) is 37.8 Å². The molecule has 84 heavy (non-hydrogen) atoms. The van der Waals surface area contributed by atoms with Crippen molar-refractivity contribution in [2.75, 3.05) is 67.1 Å². The SMILES string of the molecule is CCN(CC)C1Cc2cc3c(c4c2N(C1)C(N(CC)CC)CC4)Oc1c(cc2c4c1CCCN4CCC2)C31c2ccccc2C(=O)N1c1cccc(-c2cn(CCCCOc3ccc(/C=C/c4ccc(-c5ccc(C)cn5)nc4)cc3)nn2)n1. The summed E-state index contributed by atoms with van der Waals surface area (Å²) in [6.07, 6.45) is 18.7. The number of carbonyl (C=O) groups is 1. The number of rotatable bonds is 17. The van der Waals surface area contributed by atoms with Gasteiger partial charge in [-0.25, -0.2) is 4.98 Å². The van der Waals surface area contributed by atoms with Crippen molar-refractivity contribution in [2.24, 2.45) is 0 Å². The molecule has 0 bridgehead atoms. The number of carbonyl (C=O) groups excluding carboxylic acids is 1. The summed E-state index contributed by atoms with van der Waals surface area (Å²) >= 11 is 0. The van der Waals surface area contributed by atoms with E-state index in [1.54, 1.807) is 0 Å². The first-order chi connectivity index (χ1) is 41.3. The Labute approximate surface area is 493 Å². The first kappa shape index (κ1) is 53.8. The van der Waals surface area contributed by atoms with E-state index in [9.17, 15) is 0 Å². The molecular weight excluding hydrogens is 1040 g/mol. The Morgan fingerprint density at radius 3 is 2.19 bits per heavy atom. The largest absolute Gasteiger partial charge is 0.494 e. The predicted octanol–water partition coefficient (Wildman–Crippen LogP) is 12.6. The molecule has 0 aliphatic carbocycles. The highest BCUT2D eigenvalue weighted by molar-refractivity contribution is 6.14. The van der Waals surface area contributed by atoms with Crippen molar-refractivity contribution in [1.82, 2.24) is 39.7 Å². The Morgan fingerprint density at radius 1 is 0.702 bits per heavy atom. The minimum Gasteiger partial charge on any atom is -0.494 e. The van der Waals surface area contributed by atoms with Gasteiger partial charge in [0.05, 0.1) is 36.1 Å². The van der Waals surface area contributed by atoms with Crippen molar-refractivity contribution in [2.45, 2.75) is 117 Å². The van der Waals surface area contributed by atoms with E-state index in [2.05, 4.69) is 123 Å². The highest BCUT2D eigenvalue weighted by Gasteiger charge is 2.60. The van der Waals surface area contributed by atoms with Crippen molar-refractivity contribution in [3.05, 3.63) is 183 Å². The number of nitrogens with zero attached hydrogens (tertiary/aromatic N) is 11. The maximum absolute atomic E-state index is 15.9. The molecule has 14 nitrogen and oxygen atoms in total. The summed E-state index contributed by atoms with van der Waals surface area (Å²) in [6.45, 7) is 19.5. The van der Waals surface area contributed by atoms with Crippen LogP contribution in [0.2, 0.25) is 0 Å². The van der Waals surface area contributed by atoms with Crippen molar-refractivity contribution in [3.8, 4) is 40.0 Å². The summed E-state index contributed by atoms with van der Waals surface area (Å²) in [5.41, 5.74) is 16.9. The van der Waals surface area contributed by atoms with Crippen molar-refractivity contribution < 1.29 is 14.3 Å². The molecule has 0 radical (unpaired) electrons. The number of pyridine rings is 3. The first-order valence-electron chi connectivity index (χ1n) is 30.9. The summed E-state index contributed by atoms with van der Waals surface area (Å²) in [5.74, 6) is 3.19. The van der Waals surface area contributed by atoms with E-state index in [1.165, 1.54) is 33.6 Å². The number of aryl methyl sites for hydroxylation is 3. The van der Waals surface area contributed by atoms with E-state index >= 15 is 4.79 Å². The molecule has 14 heteroatoms. The Morgan fingerprint density at radius 2 is 1.43 bits per heavy atom. The normalized spacial score (nSPS) is 19.2. The molecule has 1 spiro atoms. The fourth-order valence-corrected chi connectivity index (χ4v) is 14.8. The van der Waals surface area contributed by atoms with Crippen LogP contribution in [0.5, 0.6) is 17.2 Å². The van der Waals surface area contributed by atoms with E-state index in [-0.39, 0.29) is 5.91 Å². The van der Waals surface area contributed by atoms with Gasteiger partial charge in [-0.1, -0.05) is 93.6 Å². The topological polar surface area (TPSA) is 121 Å². The average Bonchev–Trinajstić information content (AvgIpc) is 1.49. The van der Waals surface area contributed by atoms with Gasteiger partial charge >= 0.3 is 0 Å². The molecule has 6 aliphatic rings. The van der Waals surface area contributed by atoms with Crippen LogP contribution in [0, 0.1) is 6.92 Å². The number of hydrogen-bond acceptors (Lipinski definition) is 12. The lowest BCUT2D eigenvalue weighted by Gasteiger charge is -2.52. The molecular formula is C70H75N11O3. The van der Waals surface area contributed by atoms with Gasteiger partial charge in [0, 0.05) is 89.4 Å². The third-order valence-electron chi connectivity index (χ3n) is 18.8. The average molecular weight is 1120 g/mol. The second-order valence-corrected chi connectivity index (χ2v) is 23.5. The van der Waals surface area contributed by atoms with Crippen LogP contribution < -0.4 is 24.2 Å². The third kappa shape index (κ3) is 9.23. The van der Waals surface area contributed by atoms with Crippen LogP contribution in [0.4, 0.5) is 17.2 Å². The molecule has 0 saturated carbocycles. The maximum atomic E-state index is 15.9. The molecule has 6 aliphatic heterocycles. The minimum absolute atomic E-state index is 0.0663. The molecule has 0 fully saturated rings. The second kappa shape index (κ2) is 22.4. The highest BCUT2D eigenvalue weighted by atomic mass is 16.5. The van der Waals surface area contributed by atoms with Crippen molar-refractivity contribution >= 4 is 35.3 Å². The van der Waals surface area contributed by atoms with Gasteiger partial charge in [0.1, 0.15) is 34.3 Å². The van der Waals surface area contributed by atoms with Crippen LogP contribution in [0.15, 0.2) is 122 Å². The van der Waals surface area contributed by atoms with E-state index in [0.29, 0.717) is 48.1 Å². The smallest absolute Gasteiger partial charge is 0.261 e. The number of amides is 1. The van der Waals surface area contributed by atoms with Crippen LogP contribution in [-0.4, -0.2) is 110 Å². The lowest BCUT2D eigenvalue weighted by molar-refractivity contribution is 0.0984. The summed E-state index contributed by atoms with van der Waals surface area (Å²) in [5, 5.41) is 9.30. The lowest BCUT2D eigenvalue weighted by atomic mass is 9.70. The molecule has 0 saturated heterocycles. The summed E-state index contributed by atoms with van der Waals surface area (Å²) in [6, 6.07) is 35.9. The number of anilines is 3. The van der Waals surface area contributed by atoms with Gasteiger partial charge < -0.3 is 19.3 Å². The van der Waals surface area contributed by atoms with Gasteiger partial charge in [0.25, 0.3) is 5.91 Å². The molecule has 14 rings (SSSR count). The monoisotopic (exact) mass is 1120 g/mol. The van der Waals surface area contributed by atoms with Gasteiger partial charge in [-0.05, 0) is 173 Å². The lowest BCUT2D eigenvalue weighted by Crippen LogP contribution is -2.58. The number of likely N-dealkylation sites (N-methyl/N-ethyl adjacent to an activating group) is 1. The van der Waals surface area contributed by atoms with Gasteiger partial charge in [-0.3, -0.25) is 34.1 Å². The van der Waals surface area contributed by atoms with E-state index in [0.717, 1.165) is 166 Å². The Hall–Kier alpha value is -8.20. The van der Waals surface area contributed by atoms with Gasteiger partial charge in [-0.2, -0.15) is 0 Å². The molecule has 10 heterocycles.